The molecule has 1 aromatic heterocycles. The van der Waals surface area contributed by atoms with Crippen molar-refractivity contribution in [2.45, 2.75) is 26.3 Å². The summed E-state index contributed by atoms with van der Waals surface area (Å²) in [6.45, 7) is 4.98. The third kappa shape index (κ3) is 2.80. The molecule has 0 bridgehead atoms. The van der Waals surface area contributed by atoms with Crippen molar-refractivity contribution in [2.75, 3.05) is 13.1 Å². The van der Waals surface area contributed by atoms with Crippen molar-refractivity contribution in [3.05, 3.63) is 29.6 Å². The second-order valence-corrected chi connectivity index (χ2v) is 4.45. The maximum atomic E-state index is 8.82. The molecule has 0 aromatic carbocycles. The predicted octanol–water partition coefficient (Wildman–Crippen LogP) is 2.13. The Hall–Kier alpha value is -1.40. The van der Waals surface area contributed by atoms with E-state index in [-0.39, 0.29) is 5.92 Å². The fraction of sp³-hybridized carbons (Fsp3) is 0.538. The maximum absolute atomic E-state index is 8.82. The van der Waals surface area contributed by atoms with Crippen LogP contribution in [-0.2, 0) is 6.54 Å². The first kappa shape index (κ1) is 11.1. The van der Waals surface area contributed by atoms with Gasteiger partial charge in [0.25, 0.3) is 0 Å². The summed E-state index contributed by atoms with van der Waals surface area (Å²) < 4.78 is 0. The Morgan fingerprint density at radius 1 is 1.44 bits per heavy atom. The molecule has 0 amide bonds. The van der Waals surface area contributed by atoms with E-state index in [4.69, 9.17) is 5.26 Å². The molecule has 1 aliphatic heterocycles. The van der Waals surface area contributed by atoms with Gasteiger partial charge in [-0.25, -0.2) is 0 Å². The summed E-state index contributed by atoms with van der Waals surface area (Å²) in [6, 6.07) is 8.50. The Morgan fingerprint density at radius 3 is 2.81 bits per heavy atom. The van der Waals surface area contributed by atoms with Crippen LogP contribution in [0, 0.1) is 24.2 Å². The highest BCUT2D eigenvalue weighted by molar-refractivity contribution is 5.09. The van der Waals surface area contributed by atoms with Crippen LogP contribution in [0.3, 0.4) is 0 Å². The van der Waals surface area contributed by atoms with Crippen LogP contribution in [0.1, 0.15) is 24.2 Å². The van der Waals surface area contributed by atoms with Crippen molar-refractivity contribution >= 4 is 0 Å². The van der Waals surface area contributed by atoms with E-state index in [0.29, 0.717) is 0 Å². The zero-order chi connectivity index (χ0) is 11.4. The molecule has 2 rings (SSSR count). The van der Waals surface area contributed by atoms with E-state index in [1.54, 1.807) is 0 Å². The summed E-state index contributed by atoms with van der Waals surface area (Å²) in [4.78, 5) is 6.88. The molecule has 0 N–H and O–H groups in total. The van der Waals surface area contributed by atoms with Gasteiger partial charge in [0.05, 0.1) is 11.8 Å². The van der Waals surface area contributed by atoms with Gasteiger partial charge in [0.2, 0.25) is 0 Å². The average molecular weight is 215 g/mol. The largest absolute Gasteiger partial charge is 0.297 e. The standard InChI is InChI=1S/C13H17N3/c1-11-3-2-4-13(15-11)10-16-7-5-12(9-14)6-8-16/h2-4,12H,5-8,10H2,1H3. The van der Waals surface area contributed by atoms with Crippen molar-refractivity contribution in [3.8, 4) is 6.07 Å². The Morgan fingerprint density at radius 2 is 2.19 bits per heavy atom. The number of hydrogen-bond donors (Lipinski definition) is 0. The lowest BCUT2D eigenvalue weighted by molar-refractivity contribution is 0.196. The Kier molecular flexibility index (Phi) is 3.53. The lowest BCUT2D eigenvalue weighted by Gasteiger charge is -2.28. The van der Waals surface area contributed by atoms with Crippen LogP contribution in [0.5, 0.6) is 0 Å². The second kappa shape index (κ2) is 5.09. The molecule has 2 heterocycles. The van der Waals surface area contributed by atoms with Gasteiger partial charge < -0.3 is 0 Å². The lowest BCUT2D eigenvalue weighted by atomic mass is 9.98. The Balaban J connectivity index is 1.90. The first-order valence-corrected chi connectivity index (χ1v) is 5.82. The minimum absolute atomic E-state index is 0.265. The molecule has 0 aliphatic carbocycles. The van der Waals surface area contributed by atoms with Gasteiger partial charge in [-0.3, -0.25) is 9.88 Å². The molecule has 16 heavy (non-hydrogen) atoms. The van der Waals surface area contributed by atoms with E-state index >= 15 is 0 Å². The molecular formula is C13H17N3. The quantitative estimate of drug-likeness (QED) is 0.758. The number of hydrogen-bond acceptors (Lipinski definition) is 3. The number of rotatable bonds is 2. The van der Waals surface area contributed by atoms with Gasteiger partial charge in [-0.2, -0.15) is 5.26 Å². The topological polar surface area (TPSA) is 39.9 Å². The van der Waals surface area contributed by atoms with Crippen LogP contribution >= 0.6 is 0 Å². The van der Waals surface area contributed by atoms with Crippen LogP contribution in [0.2, 0.25) is 0 Å². The highest BCUT2D eigenvalue weighted by atomic mass is 15.1. The van der Waals surface area contributed by atoms with E-state index in [1.807, 2.05) is 13.0 Å². The minimum Gasteiger partial charge on any atom is -0.297 e. The van der Waals surface area contributed by atoms with Crippen molar-refractivity contribution in [3.63, 3.8) is 0 Å². The predicted molar refractivity (Wildman–Crippen MR) is 62.6 cm³/mol. The first-order chi connectivity index (χ1) is 7.78. The second-order valence-electron chi connectivity index (χ2n) is 4.45. The third-order valence-electron chi connectivity index (χ3n) is 3.10. The zero-order valence-corrected chi connectivity index (χ0v) is 9.69. The minimum atomic E-state index is 0.265. The van der Waals surface area contributed by atoms with Gasteiger partial charge in [-0.05, 0) is 45.0 Å². The summed E-state index contributed by atoms with van der Waals surface area (Å²) >= 11 is 0. The van der Waals surface area contributed by atoms with Crippen LogP contribution in [0.15, 0.2) is 18.2 Å². The molecule has 3 nitrogen and oxygen atoms in total. The summed E-state index contributed by atoms with van der Waals surface area (Å²) in [5, 5.41) is 8.82. The normalized spacial score (nSPS) is 18.2. The first-order valence-electron chi connectivity index (χ1n) is 5.82. The summed E-state index contributed by atoms with van der Waals surface area (Å²) in [7, 11) is 0. The van der Waals surface area contributed by atoms with E-state index < -0.39 is 0 Å². The molecule has 0 radical (unpaired) electrons. The van der Waals surface area contributed by atoms with E-state index in [0.717, 1.165) is 43.9 Å². The van der Waals surface area contributed by atoms with Crippen molar-refractivity contribution < 1.29 is 0 Å². The monoisotopic (exact) mass is 215 g/mol. The average Bonchev–Trinajstić information content (AvgIpc) is 2.30. The van der Waals surface area contributed by atoms with E-state index in [9.17, 15) is 0 Å². The molecule has 0 saturated carbocycles. The van der Waals surface area contributed by atoms with Gasteiger partial charge in [0.15, 0.2) is 0 Å². The summed E-state index contributed by atoms with van der Waals surface area (Å²) in [6.07, 6.45) is 2.00. The molecular weight excluding hydrogens is 198 g/mol. The van der Waals surface area contributed by atoms with Crippen molar-refractivity contribution in [2.24, 2.45) is 5.92 Å². The van der Waals surface area contributed by atoms with Gasteiger partial charge in [0, 0.05) is 18.2 Å². The molecule has 3 heteroatoms. The molecule has 0 atom stereocenters. The molecule has 1 fully saturated rings. The zero-order valence-electron chi connectivity index (χ0n) is 9.69. The van der Waals surface area contributed by atoms with Crippen LogP contribution < -0.4 is 0 Å². The van der Waals surface area contributed by atoms with Gasteiger partial charge in [-0.15, -0.1) is 0 Å². The fourth-order valence-corrected chi connectivity index (χ4v) is 2.14. The highest BCUT2D eigenvalue weighted by Crippen LogP contribution is 2.17. The summed E-state index contributed by atoms with van der Waals surface area (Å²) in [5.41, 5.74) is 2.21. The van der Waals surface area contributed by atoms with Gasteiger partial charge in [0.1, 0.15) is 0 Å². The number of nitrogens with zero attached hydrogens (tertiary/aromatic N) is 3. The van der Waals surface area contributed by atoms with E-state index in [1.165, 1.54) is 0 Å². The van der Waals surface area contributed by atoms with Crippen LogP contribution in [0.25, 0.3) is 0 Å². The molecule has 1 aromatic rings. The smallest absolute Gasteiger partial charge is 0.0656 e. The van der Waals surface area contributed by atoms with Crippen LogP contribution in [0.4, 0.5) is 0 Å². The third-order valence-corrected chi connectivity index (χ3v) is 3.10. The van der Waals surface area contributed by atoms with Gasteiger partial charge >= 0.3 is 0 Å². The summed E-state index contributed by atoms with van der Waals surface area (Å²) in [5.74, 6) is 0.265. The van der Waals surface area contributed by atoms with E-state index in [2.05, 4.69) is 28.1 Å². The molecule has 1 saturated heterocycles. The lowest BCUT2D eigenvalue weighted by Crippen LogP contribution is -2.33. The SMILES string of the molecule is Cc1cccc(CN2CCC(C#N)CC2)n1. The van der Waals surface area contributed by atoms with Crippen molar-refractivity contribution in [1.29, 1.82) is 5.26 Å². The number of aromatic nitrogens is 1. The molecule has 0 spiro atoms. The highest BCUT2D eigenvalue weighted by Gasteiger charge is 2.18. The molecule has 0 unspecified atom stereocenters. The number of piperidine rings is 1. The number of nitriles is 1. The van der Waals surface area contributed by atoms with Crippen LogP contribution in [-0.4, -0.2) is 23.0 Å². The Labute approximate surface area is 96.7 Å². The number of likely N-dealkylation sites (tertiary alicyclic amines) is 1. The molecule has 84 valence electrons. The van der Waals surface area contributed by atoms with Crippen molar-refractivity contribution in [1.82, 2.24) is 9.88 Å². The maximum Gasteiger partial charge on any atom is 0.0656 e. The number of aryl methyl sites for hydroxylation is 1. The molecule has 1 aliphatic rings. The fourth-order valence-electron chi connectivity index (χ4n) is 2.14. The number of pyridine rings is 1. The van der Waals surface area contributed by atoms with Gasteiger partial charge in [-0.1, -0.05) is 6.07 Å². The Bertz CT molecular complexity index is 386.